The predicted octanol–water partition coefficient (Wildman–Crippen LogP) is -0.881. The number of benzene rings is 1. The van der Waals surface area contributed by atoms with Gasteiger partial charge in [0.1, 0.15) is 0 Å². The minimum Gasteiger partial charge on any atom is -0.370 e. The van der Waals surface area contributed by atoms with Crippen molar-refractivity contribution in [1.29, 1.82) is 5.41 Å². The van der Waals surface area contributed by atoms with E-state index in [2.05, 4.69) is 16.0 Å². The summed E-state index contributed by atoms with van der Waals surface area (Å²) >= 11 is 0. The third-order valence-electron chi connectivity index (χ3n) is 3.74. The number of carbonyl (C=O) groups excluding carboxylic acids is 4. The molecule has 150 valence electrons. The second kappa shape index (κ2) is 9.90. The van der Waals surface area contributed by atoms with Gasteiger partial charge in [0, 0.05) is 32.5 Å². The molecule has 0 bridgehead atoms. The molecule has 0 aromatic heterocycles. The summed E-state index contributed by atoms with van der Waals surface area (Å²) in [5, 5.41) is 15.2. The molecule has 4 amide bonds. The molecule has 1 saturated heterocycles. The molecule has 0 saturated carbocycles. The van der Waals surface area contributed by atoms with E-state index >= 15 is 0 Å². The maximum absolute atomic E-state index is 11.9. The van der Waals surface area contributed by atoms with E-state index in [9.17, 15) is 19.2 Å². The molecular weight excluding hydrogens is 368 g/mol. The smallest absolute Gasteiger partial charge is 0.370 e. The van der Waals surface area contributed by atoms with Crippen LogP contribution in [0.5, 0.6) is 0 Å². The van der Waals surface area contributed by atoms with Crippen molar-refractivity contribution < 1.29 is 24.0 Å². The minimum atomic E-state index is -0.912. The van der Waals surface area contributed by atoms with Crippen LogP contribution in [0.15, 0.2) is 24.3 Å². The van der Waals surface area contributed by atoms with E-state index in [0.717, 1.165) is 11.1 Å². The molecular formula is C17H22N6O5. The van der Waals surface area contributed by atoms with Crippen LogP contribution < -0.4 is 21.7 Å². The van der Waals surface area contributed by atoms with Crippen molar-refractivity contribution in [3.05, 3.63) is 35.4 Å². The number of guanidine groups is 1. The highest BCUT2D eigenvalue weighted by Gasteiger charge is 2.32. The van der Waals surface area contributed by atoms with Gasteiger partial charge in [-0.1, -0.05) is 24.3 Å². The zero-order chi connectivity index (χ0) is 20.5. The molecule has 0 radical (unpaired) electrons. The monoisotopic (exact) mass is 390 g/mol. The van der Waals surface area contributed by atoms with Gasteiger partial charge in [0.2, 0.25) is 5.91 Å². The van der Waals surface area contributed by atoms with E-state index in [1.165, 1.54) is 0 Å². The molecule has 1 heterocycles. The van der Waals surface area contributed by atoms with Crippen LogP contribution >= 0.6 is 0 Å². The average molecular weight is 390 g/mol. The van der Waals surface area contributed by atoms with Gasteiger partial charge in [-0.05, 0) is 11.1 Å². The van der Waals surface area contributed by atoms with Crippen LogP contribution in [0.3, 0.4) is 0 Å². The topological polar surface area (TPSA) is 167 Å². The van der Waals surface area contributed by atoms with E-state index in [4.69, 9.17) is 16.0 Å². The van der Waals surface area contributed by atoms with Crippen molar-refractivity contribution in [2.75, 3.05) is 13.1 Å². The molecule has 1 fully saturated rings. The number of imide groups is 1. The Morgan fingerprint density at radius 2 is 1.71 bits per heavy atom. The average Bonchev–Trinajstić information content (AvgIpc) is 2.96. The normalized spacial score (nSPS) is 13.2. The maximum atomic E-state index is 11.9. The third-order valence-corrected chi connectivity index (χ3v) is 3.74. The van der Waals surface area contributed by atoms with Crippen LogP contribution in [-0.2, 0) is 32.2 Å². The Bertz CT molecular complexity index is 765. The summed E-state index contributed by atoms with van der Waals surface area (Å²) in [6.45, 7) is 0.793. The van der Waals surface area contributed by atoms with E-state index in [-0.39, 0.29) is 37.7 Å². The lowest BCUT2D eigenvalue weighted by atomic mass is 10.1. The molecule has 1 aliphatic rings. The molecule has 1 aromatic carbocycles. The molecule has 0 aliphatic carbocycles. The zero-order valence-corrected chi connectivity index (χ0v) is 15.1. The number of nitrogens with zero attached hydrogens (tertiary/aromatic N) is 1. The largest absolute Gasteiger partial charge is 0.432 e. The Morgan fingerprint density at radius 1 is 1.07 bits per heavy atom. The summed E-state index contributed by atoms with van der Waals surface area (Å²) in [6, 6.07) is 7.02. The van der Waals surface area contributed by atoms with Gasteiger partial charge < -0.3 is 26.5 Å². The summed E-state index contributed by atoms with van der Waals surface area (Å²) in [6.07, 6.45) is -0.707. The van der Waals surface area contributed by atoms with Crippen LogP contribution in [-0.4, -0.2) is 47.9 Å². The molecule has 11 heteroatoms. The van der Waals surface area contributed by atoms with Crippen LogP contribution in [0.2, 0.25) is 0 Å². The van der Waals surface area contributed by atoms with E-state index in [1.807, 2.05) is 0 Å². The summed E-state index contributed by atoms with van der Waals surface area (Å²) in [4.78, 5) is 51.2. The first-order valence-electron chi connectivity index (χ1n) is 8.59. The number of hydrogen-bond acceptors (Lipinski definition) is 6. The fraction of sp³-hybridized carbons (Fsp3) is 0.353. The lowest BCUT2D eigenvalue weighted by molar-refractivity contribution is -0.171. The first-order chi connectivity index (χ1) is 13.3. The first kappa shape index (κ1) is 20.7. The Kier molecular flexibility index (Phi) is 7.31. The van der Waals surface area contributed by atoms with Crippen LogP contribution in [0.1, 0.15) is 24.0 Å². The van der Waals surface area contributed by atoms with Crippen molar-refractivity contribution in [2.45, 2.75) is 25.8 Å². The van der Waals surface area contributed by atoms with Gasteiger partial charge in [-0.3, -0.25) is 19.8 Å². The maximum Gasteiger partial charge on any atom is 0.432 e. The fourth-order valence-corrected chi connectivity index (χ4v) is 2.44. The van der Waals surface area contributed by atoms with Gasteiger partial charge in [0.05, 0.1) is 6.42 Å². The Hall–Kier alpha value is -3.63. The zero-order valence-electron chi connectivity index (χ0n) is 15.1. The van der Waals surface area contributed by atoms with Crippen molar-refractivity contribution in [3.8, 4) is 0 Å². The highest BCUT2D eigenvalue weighted by Crippen LogP contribution is 2.12. The minimum absolute atomic E-state index is 0.0288. The molecule has 2 rings (SSSR count). The summed E-state index contributed by atoms with van der Waals surface area (Å²) in [7, 11) is 0. The summed E-state index contributed by atoms with van der Waals surface area (Å²) < 4.78 is 0. The number of amides is 4. The molecule has 0 atom stereocenters. The summed E-state index contributed by atoms with van der Waals surface area (Å²) in [5.41, 5.74) is 6.61. The van der Waals surface area contributed by atoms with Gasteiger partial charge in [-0.15, -0.1) is 5.06 Å². The molecule has 1 aliphatic heterocycles. The number of carbonyl (C=O) groups is 4. The number of hydrogen-bond donors (Lipinski definition) is 5. The van der Waals surface area contributed by atoms with Gasteiger partial charge in [-0.25, -0.2) is 4.79 Å². The van der Waals surface area contributed by atoms with Crippen molar-refractivity contribution in [1.82, 2.24) is 21.0 Å². The SMILES string of the molecule is N=C(N)NCCNC(=O)Cc1cccc(CNC(=O)ON2C(=O)CCC2=O)c1. The van der Waals surface area contributed by atoms with E-state index in [1.54, 1.807) is 24.3 Å². The summed E-state index contributed by atoms with van der Waals surface area (Å²) in [5.74, 6) is -1.45. The molecule has 11 nitrogen and oxygen atoms in total. The number of hydroxylamine groups is 2. The van der Waals surface area contributed by atoms with Gasteiger partial charge in [-0.2, -0.15) is 0 Å². The van der Waals surface area contributed by atoms with Crippen LogP contribution in [0.25, 0.3) is 0 Å². The highest BCUT2D eigenvalue weighted by atomic mass is 16.7. The Balaban J connectivity index is 1.77. The molecule has 28 heavy (non-hydrogen) atoms. The van der Waals surface area contributed by atoms with Crippen LogP contribution in [0.4, 0.5) is 4.79 Å². The third kappa shape index (κ3) is 6.59. The number of nitrogens with two attached hydrogens (primary N) is 1. The van der Waals surface area contributed by atoms with E-state index in [0.29, 0.717) is 18.2 Å². The lowest BCUT2D eigenvalue weighted by Crippen LogP contribution is -2.38. The van der Waals surface area contributed by atoms with Gasteiger partial charge >= 0.3 is 6.09 Å². The first-order valence-corrected chi connectivity index (χ1v) is 8.59. The van der Waals surface area contributed by atoms with Gasteiger partial charge in [0.15, 0.2) is 5.96 Å². The predicted molar refractivity (Wildman–Crippen MR) is 97.5 cm³/mol. The molecule has 0 unspecified atom stereocenters. The molecule has 6 N–H and O–H groups in total. The second-order valence-electron chi connectivity index (χ2n) is 6.00. The Labute approximate surface area is 161 Å². The molecule has 0 spiro atoms. The number of nitrogens with one attached hydrogen (secondary N) is 4. The van der Waals surface area contributed by atoms with Crippen molar-refractivity contribution in [3.63, 3.8) is 0 Å². The second-order valence-corrected chi connectivity index (χ2v) is 6.00. The van der Waals surface area contributed by atoms with Crippen molar-refractivity contribution >= 4 is 29.8 Å². The van der Waals surface area contributed by atoms with E-state index < -0.39 is 17.9 Å². The van der Waals surface area contributed by atoms with Gasteiger partial charge in [0.25, 0.3) is 11.8 Å². The van der Waals surface area contributed by atoms with Crippen molar-refractivity contribution in [2.24, 2.45) is 5.73 Å². The number of rotatable bonds is 8. The highest BCUT2D eigenvalue weighted by molar-refractivity contribution is 6.01. The fourth-order valence-electron chi connectivity index (χ4n) is 2.44. The molecule has 1 aromatic rings. The Morgan fingerprint density at radius 3 is 2.39 bits per heavy atom. The van der Waals surface area contributed by atoms with Crippen LogP contribution in [0, 0.1) is 5.41 Å². The lowest BCUT2D eigenvalue weighted by Gasteiger charge is -2.13. The quantitative estimate of drug-likeness (QED) is 0.166. The standard InChI is InChI=1S/C17H22N6O5/c18-16(19)21-7-6-20-13(24)9-11-2-1-3-12(8-11)10-22-17(27)28-23-14(25)4-5-15(23)26/h1-3,8H,4-7,9-10H2,(H,20,24)(H,22,27)(H4,18,19,21).